The Kier molecular flexibility index (Phi) is 3.05. The van der Waals surface area contributed by atoms with Gasteiger partial charge in [0.1, 0.15) is 17.7 Å². The average Bonchev–Trinajstić information content (AvgIpc) is 2.76. The fourth-order valence-electron chi connectivity index (χ4n) is 6.17. The molecular weight excluding hydrogens is 295 g/mol. The van der Waals surface area contributed by atoms with Crippen LogP contribution in [0.1, 0.15) is 52.4 Å². The molecule has 3 saturated carbocycles. The molecule has 0 aromatic rings. The number of halogens is 1. The lowest BCUT2D eigenvalue weighted by molar-refractivity contribution is -0.151. The summed E-state index contributed by atoms with van der Waals surface area (Å²) < 4.78 is 14.9. The van der Waals surface area contributed by atoms with E-state index in [1.165, 1.54) is 6.08 Å². The number of carbonyl (C=O) groups is 3. The maximum Gasteiger partial charge on any atom is 0.155 e. The number of hydrogen-bond donors (Lipinski definition) is 0. The number of fused-ring (bicyclic) bond motifs is 5. The lowest BCUT2D eigenvalue weighted by atomic mass is 9.46. The van der Waals surface area contributed by atoms with Crippen molar-refractivity contribution in [1.29, 1.82) is 0 Å². The molecule has 3 fully saturated rings. The summed E-state index contributed by atoms with van der Waals surface area (Å²) in [6.07, 6.45) is 3.15. The van der Waals surface area contributed by atoms with Crippen molar-refractivity contribution in [1.82, 2.24) is 0 Å². The molecule has 0 N–H and O–H groups in total. The van der Waals surface area contributed by atoms with Crippen molar-refractivity contribution in [3.63, 3.8) is 0 Å². The Labute approximate surface area is 135 Å². The van der Waals surface area contributed by atoms with Crippen LogP contribution in [0.4, 0.5) is 4.39 Å². The summed E-state index contributed by atoms with van der Waals surface area (Å²) in [4.78, 5) is 37.1. The Morgan fingerprint density at radius 2 is 1.87 bits per heavy atom. The first-order valence-electron chi connectivity index (χ1n) is 8.72. The summed E-state index contributed by atoms with van der Waals surface area (Å²) >= 11 is 0. The molecule has 4 rings (SSSR count). The number of carbonyl (C=O) groups excluding carboxylic acids is 3. The molecule has 6 atom stereocenters. The fraction of sp³-hybridized carbons (Fsp3) is 0.737. The number of alkyl halides is 1. The Hall–Kier alpha value is -1.32. The smallest absolute Gasteiger partial charge is 0.155 e. The summed E-state index contributed by atoms with van der Waals surface area (Å²) in [5.41, 5.74) is -0.586. The largest absolute Gasteiger partial charge is 0.299 e. The maximum atomic E-state index is 14.9. The number of allylic oxidation sites excluding steroid dienone is 1. The highest BCUT2D eigenvalue weighted by Crippen LogP contribution is 2.63. The predicted molar refractivity (Wildman–Crippen MR) is 82.4 cm³/mol. The first-order chi connectivity index (χ1) is 10.8. The minimum Gasteiger partial charge on any atom is -0.299 e. The minimum absolute atomic E-state index is 0.0253. The van der Waals surface area contributed by atoms with Crippen molar-refractivity contribution in [3.05, 3.63) is 11.6 Å². The van der Waals surface area contributed by atoms with Crippen molar-refractivity contribution in [2.24, 2.45) is 28.6 Å². The zero-order valence-electron chi connectivity index (χ0n) is 13.7. The van der Waals surface area contributed by atoms with Crippen LogP contribution in [0, 0.1) is 28.6 Å². The number of hydrogen-bond acceptors (Lipinski definition) is 3. The zero-order valence-corrected chi connectivity index (χ0v) is 13.7. The van der Waals surface area contributed by atoms with E-state index in [2.05, 4.69) is 0 Å². The van der Waals surface area contributed by atoms with E-state index in [4.69, 9.17) is 0 Å². The van der Waals surface area contributed by atoms with Crippen LogP contribution in [0.3, 0.4) is 0 Å². The highest BCUT2D eigenvalue weighted by atomic mass is 19.1. The van der Waals surface area contributed by atoms with E-state index in [-0.39, 0.29) is 35.1 Å². The molecule has 124 valence electrons. The lowest BCUT2D eigenvalue weighted by Gasteiger charge is -2.56. The van der Waals surface area contributed by atoms with Gasteiger partial charge in [-0.25, -0.2) is 4.39 Å². The molecule has 0 radical (unpaired) electrons. The first-order valence-corrected chi connectivity index (χ1v) is 8.72. The van der Waals surface area contributed by atoms with Crippen LogP contribution in [-0.4, -0.2) is 23.5 Å². The van der Waals surface area contributed by atoms with E-state index in [0.717, 1.165) is 6.42 Å². The standard InChI is InChI=1S/C19H23FO3/c1-18-6-5-10(21)7-13(18)14(20)8-11-12-3-4-16(23)19(12,2)9-15(22)17(11)18/h7,11-12,14,17H,3-6,8-9H2,1-2H3/t11-,12-,14?,17+,18-,19-/m0/s1. The second kappa shape index (κ2) is 4.61. The molecular formula is C19H23FO3. The molecule has 0 aromatic carbocycles. The van der Waals surface area contributed by atoms with Crippen molar-refractivity contribution in [2.45, 2.75) is 58.5 Å². The number of ketones is 3. The van der Waals surface area contributed by atoms with Gasteiger partial charge in [0.25, 0.3) is 0 Å². The SMILES string of the molecule is C[C@]12CCC(=O)C=C1C(F)C[C@@H]1[C@@H]2C(=O)C[C@]2(C)C(=O)CC[C@@H]12. The van der Waals surface area contributed by atoms with E-state index < -0.39 is 17.0 Å². The van der Waals surface area contributed by atoms with Crippen LogP contribution in [0.25, 0.3) is 0 Å². The third kappa shape index (κ3) is 1.84. The first kappa shape index (κ1) is 15.2. The molecule has 23 heavy (non-hydrogen) atoms. The molecule has 0 heterocycles. The van der Waals surface area contributed by atoms with Crippen LogP contribution in [0.2, 0.25) is 0 Å². The quantitative estimate of drug-likeness (QED) is 0.689. The molecule has 0 aromatic heterocycles. The van der Waals surface area contributed by atoms with Gasteiger partial charge in [-0.3, -0.25) is 14.4 Å². The fourth-order valence-corrected chi connectivity index (χ4v) is 6.17. The Morgan fingerprint density at radius 3 is 2.61 bits per heavy atom. The number of rotatable bonds is 0. The summed E-state index contributed by atoms with van der Waals surface area (Å²) in [6, 6.07) is 0. The van der Waals surface area contributed by atoms with E-state index in [1.807, 2.05) is 13.8 Å². The van der Waals surface area contributed by atoms with Gasteiger partial charge in [-0.05, 0) is 42.7 Å². The van der Waals surface area contributed by atoms with Gasteiger partial charge < -0.3 is 0 Å². The molecule has 0 saturated heterocycles. The Balaban J connectivity index is 1.81. The van der Waals surface area contributed by atoms with Crippen LogP contribution in [0.15, 0.2) is 11.6 Å². The normalized spacial score (nSPS) is 49.3. The molecule has 0 aliphatic heterocycles. The van der Waals surface area contributed by atoms with Crippen molar-refractivity contribution < 1.29 is 18.8 Å². The van der Waals surface area contributed by atoms with Crippen LogP contribution < -0.4 is 0 Å². The van der Waals surface area contributed by atoms with Crippen molar-refractivity contribution in [3.8, 4) is 0 Å². The van der Waals surface area contributed by atoms with Gasteiger partial charge in [0.2, 0.25) is 0 Å². The summed E-state index contributed by atoms with van der Waals surface area (Å²) in [5, 5.41) is 0. The highest BCUT2D eigenvalue weighted by molar-refractivity contribution is 5.97. The van der Waals surface area contributed by atoms with Crippen LogP contribution in [0.5, 0.6) is 0 Å². The number of Topliss-reactive ketones (excluding diaryl/α,β-unsaturated/α-hetero) is 2. The third-order valence-corrected chi connectivity index (χ3v) is 7.34. The molecule has 4 heteroatoms. The van der Waals surface area contributed by atoms with Crippen LogP contribution >= 0.6 is 0 Å². The minimum atomic E-state index is -1.16. The van der Waals surface area contributed by atoms with E-state index in [1.54, 1.807) is 0 Å². The predicted octanol–water partition coefficient (Wildman–Crippen LogP) is 3.21. The third-order valence-electron chi connectivity index (χ3n) is 7.34. The Morgan fingerprint density at radius 1 is 1.13 bits per heavy atom. The average molecular weight is 318 g/mol. The van der Waals surface area contributed by atoms with Gasteiger partial charge in [-0.15, -0.1) is 0 Å². The van der Waals surface area contributed by atoms with E-state index in [0.29, 0.717) is 37.7 Å². The van der Waals surface area contributed by atoms with Gasteiger partial charge in [0.05, 0.1) is 0 Å². The summed E-state index contributed by atoms with van der Waals surface area (Å²) in [6.45, 7) is 3.87. The van der Waals surface area contributed by atoms with Crippen molar-refractivity contribution >= 4 is 17.3 Å². The summed E-state index contributed by atoms with van der Waals surface area (Å²) in [5.74, 6) is 0.0965. The van der Waals surface area contributed by atoms with Gasteiger partial charge in [0, 0.05) is 36.0 Å². The second-order valence-corrected chi connectivity index (χ2v) is 8.46. The zero-order chi connectivity index (χ0) is 16.6. The molecule has 4 aliphatic rings. The molecule has 0 bridgehead atoms. The molecule has 3 nitrogen and oxygen atoms in total. The molecule has 1 unspecified atom stereocenters. The summed E-state index contributed by atoms with van der Waals surface area (Å²) in [7, 11) is 0. The molecule has 4 aliphatic carbocycles. The second-order valence-electron chi connectivity index (χ2n) is 8.46. The van der Waals surface area contributed by atoms with Gasteiger partial charge in [0.15, 0.2) is 5.78 Å². The van der Waals surface area contributed by atoms with Gasteiger partial charge in [-0.2, -0.15) is 0 Å². The van der Waals surface area contributed by atoms with Gasteiger partial charge in [-0.1, -0.05) is 13.8 Å². The Bertz CT molecular complexity index is 651. The van der Waals surface area contributed by atoms with Crippen molar-refractivity contribution in [2.75, 3.05) is 0 Å². The topological polar surface area (TPSA) is 51.2 Å². The lowest BCUT2D eigenvalue weighted by Crippen LogP contribution is -2.57. The monoisotopic (exact) mass is 318 g/mol. The van der Waals surface area contributed by atoms with Gasteiger partial charge >= 0.3 is 0 Å². The highest BCUT2D eigenvalue weighted by Gasteiger charge is 2.63. The molecule has 0 amide bonds. The van der Waals surface area contributed by atoms with E-state index >= 15 is 0 Å². The van der Waals surface area contributed by atoms with Crippen LogP contribution in [-0.2, 0) is 14.4 Å². The molecule has 0 spiro atoms. The maximum absolute atomic E-state index is 14.9. The van der Waals surface area contributed by atoms with E-state index in [9.17, 15) is 18.8 Å².